The number of nitrogens with one attached hydrogen (secondary N) is 1. The Balaban J connectivity index is 3.04. The van der Waals surface area contributed by atoms with Gasteiger partial charge in [0.15, 0.2) is 0 Å². The maximum atomic E-state index is 11.1. The summed E-state index contributed by atoms with van der Waals surface area (Å²) in [5.74, 6) is -0.628. The van der Waals surface area contributed by atoms with Crippen molar-refractivity contribution in [3.05, 3.63) is 10.4 Å². The lowest BCUT2D eigenvalue weighted by Crippen LogP contribution is -2.20. The number of anilines is 2. The first kappa shape index (κ1) is 13.3. The van der Waals surface area contributed by atoms with Gasteiger partial charge in [-0.05, 0) is 6.92 Å². The van der Waals surface area contributed by atoms with Crippen molar-refractivity contribution in [1.29, 1.82) is 5.26 Å². The van der Waals surface area contributed by atoms with Crippen molar-refractivity contribution < 1.29 is 9.53 Å². The molecule has 1 aromatic heterocycles. The van der Waals surface area contributed by atoms with Crippen molar-refractivity contribution in [2.75, 3.05) is 24.8 Å². The fourth-order valence-electron chi connectivity index (χ4n) is 1.36. The van der Waals surface area contributed by atoms with Crippen molar-refractivity contribution >= 4 is 27.9 Å². The molecule has 0 aliphatic heterocycles. The molecule has 1 amide bonds. The van der Waals surface area contributed by atoms with Crippen LogP contribution in [-0.2, 0) is 4.74 Å². The Morgan fingerprint density at radius 2 is 2.35 bits per heavy atom. The molecular formula is C10H14N4O2S. The van der Waals surface area contributed by atoms with Crippen molar-refractivity contribution in [2.24, 2.45) is 5.73 Å². The van der Waals surface area contributed by atoms with Crippen LogP contribution in [0.15, 0.2) is 0 Å². The molecule has 5 N–H and O–H groups in total. The lowest BCUT2D eigenvalue weighted by atomic mass is 10.2. The molecule has 1 unspecified atom stereocenters. The summed E-state index contributed by atoms with van der Waals surface area (Å²) in [5, 5.41) is 12.6. The van der Waals surface area contributed by atoms with Gasteiger partial charge in [0.2, 0.25) is 0 Å². The molecule has 0 fully saturated rings. The van der Waals surface area contributed by atoms with Crippen LogP contribution in [0.1, 0.15) is 22.2 Å². The predicted molar refractivity (Wildman–Crippen MR) is 66.9 cm³/mol. The fourth-order valence-corrected chi connectivity index (χ4v) is 2.39. The van der Waals surface area contributed by atoms with Gasteiger partial charge in [-0.1, -0.05) is 0 Å². The van der Waals surface area contributed by atoms with Gasteiger partial charge in [-0.25, -0.2) is 0 Å². The second-order valence-corrected chi connectivity index (χ2v) is 4.55. The number of nitriles is 1. The van der Waals surface area contributed by atoms with Crippen LogP contribution in [0.25, 0.3) is 0 Å². The number of methoxy groups -OCH3 is 1. The highest BCUT2D eigenvalue weighted by Crippen LogP contribution is 2.35. The summed E-state index contributed by atoms with van der Waals surface area (Å²) in [5.41, 5.74) is 11.2. The second-order valence-electron chi connectivity index (χ2n) is 3.53. The van der Waals surface area contributed by atoms with Crippen LogP contribution < -0.4 is 16.8 Å². The van der Waals surface area contributed by atoms with Gasteiger partial charge in [0.1, 0.15) is 21.5 Å². The molecule has 0 saturated carbocycles. The zero-order valence-electron chi connectivity index (χ0n) is 9.61. The molecule has 0 aromatic carbocycles. The van der Waals surface area contributed by atoms with Gasteiger partial charge in [-0.15, -0.1) is 11.3 Å². The van der Waals surface area contributed by atoms with Crippen LogP contribution in [0.4, 0.5) is 10.7 Å². The van der Waals surface area contributed by atoms with Gasteiger partial charge < -0.3 is 21.5 Å². The van der Waals surface area contributed by atoms with E-state index < -0.39 is 5.91 Å². The van der Waals surface area contributed by atoms with E-state index in [1.165, 1.54) is 0 Å². The average Bonchev–Trinajstić information content (AvgIpc) is 2.55. The van der Waals surface area contributed by atoms with E-state index in [1.807, 2.05) is 13.0 Å². The highest BCUT2D eigenvalue weighted by atomic mass is 32.1. The summed E-state index contributed by atoms with van der Waals surface area (Å²) >= 11 is 1.08. The zero-order chi connectivity index (χ0) is 13.0. The minimum absolute atomic E-state index is 0.00544. The Morgan fingerprint density at radius 3 is 2.82 bits per heavy atom. The molecule has 0 bridgehead atoms. The van der Waals surface area contributed by atoms with Crippen LogP contribution in [-0.4, -0.2) is 25.7 Å². The maximum absolute atomic E-state index is 11.1. The van der Waals surface area contributed by atoms with Gasteiger partial charge in [-0.2, -0.15) is 5.26 Å². The Morgan fingerprint density at radius 1 is 1.71 bits per heavy atom. The molecule has 0 aliphatic rings. The van der Waals surface area contributed by atoms with Crippen LogP contribution in [0.2, 0.25) is 0 Å². The summed E-state index contributed by atoms with van der Waals surface area (Å²) in [6, 6.07) is 1.97. The second kappa shape index (κ2) is 5.52. The molecule has 7 heteroatoms. The molecule has 0 spiro atoms. The molecule has 1 rings (SSSR count). The van der Waals surface area contributed by atoms with Crippen LogP contribution in [0, 0.1) is 11.3 Å². The Labute approximate surface area is 103 Å². The fraction of sp³-hybridized carbons (Fsp3) is 0.400. The van der Waals surface area contributed by atoms with Crippen LogP contribution in [0.3, 0.4) is 0 Å². The van der Waals surface area contributed by atoms with E-state index in [0.29, 0.717) is 11.6 Å². The number of rotatable bonds is 5. The smallest absolute Gasteiger partial charge is 0.261 e. The highest BCUT2D eigenvalue weighted by molar-refractivity contribution is 7.18. The van der Waals surface area contributed by atoms with E-state index in [-0.39, 0.29) is 22.2 Å². The van der Waals surface area contributed by atoms with E-state index in [4.69, 9.17) is 21.5 Å². The standard InChI is InChI=1S/C10H14N4O2S/c1-5(4-16-2)14-10-6(3-11)7(12)8(17-10)9(13)15/h5,14H,4,12H2,1-2H3,(H2,13,15). The number of nitrogen functional groups attached to an aromatic ring is 1. The van der Waals surface area contributed by atoms with Crippen LogP contribution in [0.5, 0.6) is 0 Å². The van der Waals surface area contributed by atoms with Crippen molar-refractivity contribution in [1.82, 2.24) is 0 Å². The van der Waals surface area contributed by atoms with Gasteiger partial charge in [0.25, 0.3) is 5.91 Å². The molecule has 1 heterocycles. The Hall–Kier alpha value is -1.78. The van der Waals surface area contributed by atoms with Crippen LogP contribution >= 0.6 is 11.3 Å². The van der Waals surface area contributed by atoms with E-state index >= 15 is 0 Å². The first-order chi connectivity index (χ1) is 8.01. The van der Waals surface area contributed by atoms with E-state index in [1.54, 1.807) is 7.11 Å². The van der Waals surface area contributed by atoms with Crippen molar-refractivity contribution in [3.63, 3.8) is 0 Å². The molecule has 1 atom stereocenters. The number of hydrogen-bond donors (Lipinski definition) is 3. The highest BCUT2D eigenvalue weighted by Gasteiger charge is 2.20. The molecule has 0 saturated heterocycles. The lowest BCUT2D eigenvalue weighted by Gasteiger charge is -2.12. The van der Waals surface area contributed by atoms with Gasteiger partial charge in [0.05, 0.1) is 12.3 Å². The number of carbonyl (C=O) groups is 1. The molecule has 92 valence electrons. The van der Waals surface area contributed by atoms with Crippen molar-refractivity contribution in [2.45, 2.75) is 13.0 Å². The first-order valence-electron chi connectivity index (χ1n) is 4.88. The normalized spacial score (nSPS) is 11.8. The molecular weight excluding hydrogens is 240 g/mol. The summed E-state index contributed by atoms with van der Waals surface area (Å²) in [6.07, 6.45) is 0. The largest absolute Gasteiger partial charge is 0.396 e. The topological polar surface area (TPSA) is 114 Å². The number of ether oxygens (including phenoxy) is 1. The maximum Gasteiger partial charge on any atom is 0.261 e. The monoisotopic (exact) mass is 254 g/mol. The number of primary amides is 1. The summed E-state index contributed by atoms with van der Waals surface area (Å²) in [4.78, 5) is 11.3. The number of amides is 1. The summed E-state index contributed by atoms with van der Waals surface area (Å²) in [6.45, 7) is 2.37. The number of nitrogens with zero attached hydrogens (tertiary/aromatic N) is 1. The Bertz CT molecular complexity index is 464. The molecule has 1 aromatic rings. The molecule has 0 aliphatic carbocycles. The lowest BCUT2D eigenvalue weighted by molar-refractivity contribution is 0.100. The quantitative estimate of drug-likeness (QED) is 0.717. The zero-order valence-corrected chi connectivity index (χ0v) is 10.4. The van der Waals surface area contributed by atoms with E-state index in [2.05, 4.69) is 5.32 Å². The average molecular weight is 254 g/mol. The third-order valence-corrected chi connectivity index (χ3v) is 3.23. The third kappa shape index (κ3) is 2.87. The minimum Gasteiger partial charge on any atom is -0.396 e. The minimum atomic E-state index is -0.628. The van der Waals surface area contributed by atoms with E-state index in [9.17, 15) is 4.79 Å². The van der Waals surface area contributed by atoms with Gasteiger partial charge >= 0.3 is 0 Å². The number of nitrogens with two attached hydrogens (primary N) is 2. The predicted octanol–water partition coefficient (Wildman–Crippen LogP) is 0.748. The van der Waals surface area contributed by atoms with E-state index in [0.717, 1.165) is 11.3 Å². The van der Waals surface area contributed by atoms with Crippen molar-refractivity contribution in [3.8, 4) is 6.07 Å². The van der Waals surface area contributed by atoms with Gasteiger partial charge in [0, 0.05) is 13.2 Å². The molecule has 6 nitrogen and oxygen atoms in total. The number of hydrogen-bond acceptors (Lipinski definition) is 6. The molecule has 0 radical (unpaired) electrons. The Kier molecular flexibility index (Phi) is 4.31. The van der Waals surface area contributed by atoms with Gasteiger partial charge in [-0.3, -0.25) is 4.79 Å². The number of thiophene rings is 1. The molecule has 17 heavy (non-hydrogen) atoms. The third-order valence-electron chi connectivity index (χ3n) is 2.07. The summed E-state index contributed by atoms with van der Waals surface area (Å²) < 4.78 is 4.97. The SMILES string of the molecule is COCC(C)Nc1sc(C(N)=O)c(N)c1C#N. The first-order valence-corrected chi connectivity index (χ1v) is 5.70. The summed E-state index contributed by atoms with van der Waals surface area (Å²) in [7, 11) is 1.58. The number of carbonyl (C=O) groups excluding carboxylic acids is 1.